The molecule has 8 heteroatoms. The minimum Gasteiger partial charge on any atom is -0.394 e. The molecule has 0 radical (unpaired) electrons. The minimum absolute atomic E-state index is 0.176. The Labute approximate surface area is 107 Å². The fourth-order valence-electron chi connectivity index (χ4n) is 2.22. The van der Waals surface area contributed by atoms with Crippen LogP contribution in [0, 0.1) is 0 Å². The number of aromatic nitrogens is 3. The predicted octanol–water partition coefficient (Wildman–Crippen LogP) is -1.31. The van der Waals surface area contributed by atoms with Gasteiger partial charge in [0.15, 0.2) is 5.82 Å². The topological polar surface area (TPSA) is 138 Å². The number of aliphatic hydroxyl groups is 3. The molecule has 3 rings (SSSR count). The standard InChI is InChI=1S/C11H14N4O4/c12-9-4-1-2-13-10(4)15-11(14-9)8-7(18)6(17)5(3-16)19-8/h1-2,5-8,16-18H,3H2,(H3,12,13,14,15)/t5-,6-,7-,8?/m1/s1. The van der Waals surface area contributed by atoms with E-state index in [0.29, 0.717) is 11.0 Å². The maximum absolute atomic E-state index is 9.91. The summed E-state index contributed by atoms with van der Waals surface area (Å²) in [6.45, 7) is -0.394. The largest absolute Gasteiger partial charge is 0.394 e. The van der Waals surface area contributed by atoms with Gasteiger partial charge >= 0.3 is 0 Å². The summed E-state index contributed by atoms with van der Waals surface area (Å²) in [7, 11) is 0. The lowest BCUT2D eigenvalue weighted by Gasteiger charge is -2.13. The van der Waals surface area contributed by atoms with Crippen LogP contribution in [0.25, 0.3) is 11.0 Å². The van der Waals surface area contributed by atoms with E-state index in [2.05, 4.69) is 15.0 Å². The van der Waals surface area contributed by atoms with Crippen LogP contribution in [-0.4, -0.2) is 55.2 Å². The molecule has 2 aromatic rings. The van der Waals surface area contributed by atoms with Crippen LogP contribution in [0.5, 0.6) is 0 Å². The summed E-state index contributed by atoms with van der Waals surface area (Å²) in [4.78, 5) is 11.2. The molecule has 3 heterocycles. The van der Waals surface area contributed by atoms with Crippen molar-refractivity contribution < 1.29 is 20.1 Å². The highest BCUT2D eigenvalue weighted by molar-refractivity contribution is 5.85. The summed E-state index contributed by atoms with van der Waals surface area (Å²) in [5.74, 6) is 0.439. The number of fused-ring (bicyclic) bond motifs is 1. The molecule has 6 N–H and O–H groups in total. The van der Waals surface area contributed by atoms with Crippen molar-refractivity contribution in [3.63, 3.8) is 0 Å². The van der Waals surface area contributed by atoms with E-state index in [9.17, 15) is 10.2 Å². The maximum Gasteiger partial charge on any atom is 0.164 e. The Balaban J connectivity index is 2.00. The molecule has 0 spiro atoms. The van der Waals surface area contributed by atoms with Crippen LogP contribution in [0.1, 0.15) is 11.9 Å². The first-order valence-corrected chi connectivity index (χ1v) is 5.84. The Hall–Kier alpha value is -1.74. The average Bonchev–Trinajstić information content (AvgIpc) is 2.96. The van der Waals surface area contributed by atoms with Gasteiger partial charge in [0.2, 0.25) is 0 Å². The van der Waals surface area contributed by atoms with Crippen LogP contribution < -0.4 is 5.73 Å². The molecular formula is C11H14N4O4. The Bertz CT molecular complexity index is 601. The fraction of sp³-hybridized carbons (Fsp3) is 0.455. The lowest BCUT2D eigenvalue weighted by atomic mass is 10.1. The van der Waals surface area contributed by atoms with Gasteiger partial charge in [0.1, 0.15) is 35.9 Å². The number of nitrogens with one attached hydrogen (secondary N) is 1. The summed E-state index contributed by atoms with van der Waals surface area (Å²) >= 11 is 0. The third-order valence-corrected chi connectivity index (χ3v) is 3.26. The Morgan fingerprint density at radius 1 is 1.32 bits per heavy atom. The molecule has 19 heavy (non-hydrogen) atoms. The Morgan fingerprint density at radius 2 is 2.11 bits per heavy atom. The molecular weight excluding hydrogens is 252 g/mol. The van der Waals surface area contributed by atoms with Gasteiger partial charge in [-0.15, -0.1) is 0 Å². The number of aliphatic hydroxyl groups excluding tert-OH is 3. The average molecular weight is 266 g/mol. The highest BCUT2D eigenvalue weighted by atomic mass is 16.6. The fourth-order valence-corrected chi connectivity index (χ4v) is 2.22. The third kappa shape index (κ3) is 1.85. The first-order valence-electron chi connectivity index (χ1n) is 5.84. The lowest BCUT2D eigenvalue weighted by molar-refractivity contribution is -0.0251. The number of H-pyrrole nitrogens is 1. The summed E-state index contributed by atoms with van der Waals surface area (Å²) in [6, 6.07) is 1.74. The molecule has 0 saturated carbocycles. The van der Waals surface area contributed by atoms with Crippen LogP contribution >= 0.6 is 0 Å². The summed E-state index contributed by atoms with van der Waals surface area (Å²) < 4.78 is 5.36. The molecule has 1 fully saturated rings. The van der Waals surface area contributed by atoms with Crippen LogP contribution in [-0.2, 0) is 4.74 Å². The van der Waals surface area contributed by atoms with E-state index in [1.54, 1.807) is 12.3 Å². The van der Waals surface area contributed by atoms with Gasteiger partial charge in [0.25, 0.3) is 0 Å². The number of aromatic amines is 1. The van der Waals surface area contributed by atoms with Crippen molar-refractivity contribution in [2.45, 2.75) is 24.4 Å². The van der Waals surface area contributed by atoms with Gasteiger partial charge in [-0.2, -0.15) is 0 Å². The van der Waals surface area contributed by atoms with Gasteiger partial charge in [0.05, 0.1) is 12.0 Å². The van der Waals surface area contributed by atoms with Crippen LogP contribution in [0.15, 0.2) is 12.3 Å². The number of hydrogen-bond acceptors (Lipinski definition) is 7. The number of nitrogen functional groups attached to an aromatic ring is 1. The van der Waals surface area contributed by atoms with Gasteiger partial charge in [-0.1, -0.05) is 0 Å². The summed E-state index contributed by atoms with van der Waals surface area (Å²) in [5, 5.41) is 29.3. The number of rotatable bonds is 2. The van der Waals surface area contributed by atoms with Crippen molar-refractivity contribution in [3.05, 3.63) is 18.1 Å². The van der Waals surface area contributed by atoms with Gasteiger partial charge in [-0.3, -0.25) is 0 Å². The monoisotopic (exact) mass is 266 g/mol. The molecule has 0 aromatic carbocycles. The number of nitrogens with zero attached hydrogens (tertiary/aromatic N) is 2. The quantitative estimate of drug-likeness (QED) is 0.455. The number of nitrogens with two attached hydrogens (primary N) is 1. The van der Waals surface area contributed by atoms with Crippen molar-refractivity contribution in [1.29, 1.82) is 0 Å². The molecule has 0 amide bonds. The van der Waals surface area contributed by atoms with Crippen LogP contribution in [0.3, 0.4) is 0 Å². The zero-order chi connectivity index (χ0) is 13.6. The second-order valence-corrected chi connectivity index (χ2v) is 4.47. The van der Waals surface area contributed by atoms with E-state index in [1.165, 1.54) is 0 Å². The minimum atomic E-state index is -1.20. The number of anilines is 1. The summed E-state index contributed by atoms with van der Waals surface area (Å²) in [5.41, 5.74) is 6.32. The molecule has 1 unspecified atom stereocenters. The van der Waals surface area contributed by atoms with Gasteiger partial charge in [-0.05, 0) is 6.07 Å². The highest BCUT2D eigenvalue weighted by Gasteiger charge is 2.44. The lowest BCUT2D eigenvalue weighted by Crippen LogP contribution is -2.32. The molecule has 8 nitrogen and oxygen atoms in total. The molecule has 1 aliphatic rings. The second kappa shape index (κ2) is 4.42. The molecule has 1 aliphatic heterocycles. The number of ether oxygens (including phenoxy) is 1. The van der Waals surface area contributed by atoms with Crippen molar-refractivity contribution in [1.82, 2.24) is 15.0 Å². The van der Waals surface area contributed by atoms with E-state index in [4.69, 9.17) is 15.6 Å². The molecule has 2 aromatic heterocycles. The first-order chi connectivity index (χ1) is 9.11. The molecule has 102 valence electrons. The van der Waals surface area contributed by atoms with E-state index in [-0.39, 0.29) is 11.6 Å². The van der Waals surface area contributed by atoms with Crippen molar-refractivity contribution >= 4 is 16.9 Å². The van der Waals surface area contributed by atoms with Crippen LogP contribution in [0.2, 0.25) is 0 Å². The predicted molar refractivity (Wildman–Crippen MR) is 65.0 cm³/mol. The van der Waals surface area contributed by atoms with Crippen molar-refractivity contribution in [2.75, 3.05) is 12.3 Å². The Morgan fingerprint density at radius 3 is 2.79 bits per heavy atom. The number of hydrogen-bond donors (Lipinski definition) is 5. The van der Waals surface area contributed by atoms with E-state index < -0.39 is 31.0 Å². The van der Waals surface area contributed by atoms with E-state index in [0.717, 1.165) is 0 Å². The maximum atomic E-state index is 9.91. The molecule has 0 bridgehead atoms. The SMILES string of the molecule is Nc1nc(C2O[C@H](CO)[C@@H](O)[C@H]2O)nc2[nH]ccc12. The van der Waals surface area contributed by atoms with Crippen molar-refractivity contribution in [3.8, 4) is 0 Å². The van der Waals surface area contributed by atoms with Crippen LogP contribution in [0.4, 0.5) is 5.82 Å². The highest BCUT2D eigenvalue weighted by Crippen LogP contribution is 2.32. The van der Waals surface area contributed by atoms with E-state index in [1.807, 2.05) is 0 Å². The zero-order valence-corrected chi connectivity index (χ0v) is 9.89. The molecule has 1 saturated heterocycles. The smallest absolute Gasteiger partial charge is 0.164 e. The summed E-state index contributed by atoms with van der Waals surface area (Å²) in [6.07, 6.45) is -2.48. The molecule has 0 aliphatic carbocycles. The van der Waals surface area contributed by atoms with Crippen molar-refractivity contribution in [2.24, 2.45) is 0 Å². The van der Waals surface area contributed by atoms with E-state index >= 15 is 0 Å². The zero-order valence-electron chi connectivity index (χ0n) is 9.89. The normalized spacial score (nSPS) is 31.1. The first kappa shape index (κ1) is 12.3. The Kier molecular flexibility index (Phi) is 2.86. The third-order valence-electron chi connectivity index (χ3n) is 3.26. The van der Waals surface area contributed by atoms with Gasteiger partial charge < -0.3 is 30.8 Å². The van der Waals surface area contributed by atoms with Gasteiger partial charge in [0, 0.05) is 6.20 Å². The second-order valence-electron chi connectivity index (χ2n) is 4.47. The van der Waals surface area contributed by atoms with Gasteiger partial charge in [-0.25, -0.2) is 9.97 Å². The molecule has 4 atom stereocenters.